The smallest absolute Gasteiger partial charge is 0.332 e. The van der Waals surface area contributed by atoms with E-state index >= 15 is 0 Å². The van der Waals surface area contributed by atoms with Crippen LogP contribution in [0.4, 0.5) is 5.69 Å². The van der Waals surface area contributed by atoms with Gasteiger partial charge in [0.1, 0.15) is 5.75 Å². The van der Waals surface area contributed by atoms with Gasteiger partial charge < -0.3 is 9.47 Å². The van der Waals surface area contributed by atoms with E-state index in [2.05, 4.69) is 4.72 Å². The van der Waals surface area contributed by atoms with E-state index < -0.39 is 34.5 Å². The Balaban J connectivity index is 1.33. The summed E-state index contributed by atoms with van der Waals surface area (Å²) in [5, 5.41) is 0. The SMILES string of the molecule is COc1ccc(NS(=O)(=O)c2ccc(/C=C/C(=O)OCN3C(=O)c4ccccc4C3=O)cc2)cc1. The van der Waals surface area contributed by atoms with E-state index in [9.17, 15) is 22.8 Å². The number of amides is 2. The molecule has 0 bridgehead atoms. The Hall–Kier alpha value is -4.44. The van der Waals surface area contributed by atoms with Gasteiger partial charge in [-0.2, -0.15) is 0 Å². The van der Waals surface area contributed by atoms with Crippen molar-refractivity contribution in [1.82, 2.24) is 4.90 Å². The molecule has 4 rings (SSSR count). The number of esters is 1. The van der Waals surface area contributed by atoms with E-state index in [-0.39, 0.29) is 16.0 Å². The highest BCUT2D eigenvalue weighted by molar-refractivity contribution is 7.92. The van der Waals surface area contributed by atoms with Crippen molar-refractivity contribution in [3.63, 3.8) is 0 Å². The lowest BCUT2D eigenvalue weighted by Crippen LogP contribution is -2.32. The number of methoxy groups -OCH3 is 1. The quantitative estimate of drug-likeness (QED) is 0.291. The number of rotatable bonds is 8. The van der Waals surface area contributed by atoms with Gasteiger partial charge in [0.2, 0.25) is 0 Å². The van der Waals surface area contributed by atoms with Crippen LogP contribution in [0.25, 0.3) is 6.08 Å². The van der Waals surface area contributed by atoms with Crippen LogP contribution in [0.5, 0.6) is 5.75 Å². The maximum atomic E-state index is 12.6. The number of carbonyl (C=O) groups is 3. The molecule has 35 heavy (non-hydrogen) atoms. The maximum Gasteiger partial charge on any atom is 0.332 e. The first-order chi connectivity index (χ1) is 16.8. The third kappa shape index (κ3) is 5.22. The van der Waals surface area contributed by atoms with Crippen LogP contribution >= 0.6 is 0 Å². The molecule has 2 amide bonds. The summed E-state index contributed by atoms with van der Waals surface area (Å²) in [6, 6.07) is 18.7. The molecule has 0 fully saturated rings. The van der Waals surface area contributed by atoms with Gasteiger partial charge in [0.05, 0.1) is 23.1 Å². The Morgan fingerprint density at radius 1 is 0.914 bits per heavy atom. The summed E-state index contributed by atoms with van der Waals surface area (Å²) in [6.45, 7) is -0.510. The fourth-order valence-electron chi connectivity index (χ4n) is 3.33. The van der Waals surface area contributed by atoms with Crippen molar-refractivity contribution in [2.24, 2.45) is 0 Å². The molecule has 0 radical (unpaired) electrons. The molecular formula is C25H20N2O7S. The van der Waals surface area contributed by atoms with E-state index in [1.165, 1.54) is 49.6 Å². The van der Waals surface area contributed by atoms with Crippen molar-refractivity contribution in [1.29, 1.82) is 0 Å². The molecule has 0 saturated carbocycles. The molecule has 0 unspecified atom stereocenters. The number of nitrogens with one attached hydrogen (secondary N) is 1. The topological polar surface area (TPSA) is 119 Å². The standard InChI is InChI=1S/C25H20N2O7S/c1-33-19-11-9-18(10-12-19)26-35(31,32)20-13-6-17(7-14-20)8-15-23(28)34-16-27-24(29)21-4-2-3-5-22(21)25(27)30/h2-15,26H,16H2,1H3/b15-8+. The fraction of sp³-hybridized carbons (Fsp3) is 0.0800. The summed E-state index contributed by atoms with van der Waals surface area (Å²) in [4.78, 5) is 37.5. The molecule has 178 valence electrons. The van der Waals surface area contributed by atoms with Gasteiger partial charge in [-0.3, -0.25) is 14.3 Å². The zero-order valence-electron chi connectivity index (χ0n) is 18.5. The number of imide groups is 1. The second kappa shape index (κ2) is 9.82. The lowest BCUT2D eigenvalue weighted by atomic mass is 10.1. The van der Waals surface area contributed by atoms with Gasteiger partial charge in [-0.25, -0.2) is 18.1 Å². The van der Waals surface area contributed by atoms with Crippen LogP contribution < -0.4 is 9.46 Å². The van der Waals surface area contributed by atoms with Crippen LogP contribution in [0, 0.1) is 0 Å². The number of hydrogen-bond acceptors (Lipinski definition) is 7. The summed E-state index contributed by atoms with van der Waals surface area (Å²) >= 11 is 0. The first-order valence-electron chi connectivity index (χ1n) is 10.4. The molecule has 9 nitrogen and oxygen atoms in total. The van der Waals surface area contributed by atoms with E-state index in [0.29, 0.717) is 17.0 Å². The molecule has 3 aromatic carbocycles. The molecular weight excluding hydrogens is 472 g/mol. The summed E-state index contributed by atoms with van der Waals surface area (Å²) < 4.78 is 37.7. The molecule has 1 N–H and O–H groups in total. The van der Waals surface area contributed by atoms with E-state index in [1.54, 1.807) is 36.4 Å². The Bertz CT molecular complexity index is 1380. The van der Waals surface area contributed by atoms with Gasteiger partial charge in [-0.15, -0.1) is 0 Å². The minimum atomic E-state index is -3.81. The zero-order chi connectivity index (χ0) is 25.0. The highest BCUT2D eigenvalue weighted by atomic mass is 32.2. The monoisotopic (exact) mass is 492 g/mol. The predicted molar refractivity (Wildman–Crippen MR) is 127 cm³/mol. The largest absolute Gasteiger partial charge is 0.497 e. The first-order valence-corrected chi connectivity index (χ1v) is 11.8. The molecule has 3 aromatic rings. The van der Waals surface area contributed by atoms with Crippen LogP contribution in [0.15, 0.2) is 83.8 Å². The number of carbonyl (C=O) groups excluding carboxylic acids is 3. The van der Waals surface area contributed by atoms with Crippen molar-refractivity contribution in [3.05, 3.63) is 95.6 Å². The highest BCUT2D eigenvalue weighted by Gasteiger charge is 2.35. The lowest BCUT2D eigenvalue weighted by molar-refractivity contribution is -0.140. The number of hydrogen-bond donors (Lipinski definition) is 1. The molecule has 10 heteroatoms. The fourth-order valence-corrected chi connectivity index (χ4v) is 4.39. The van der Waals surface area contributed by atoms with Crippen molar-refractivity contribution < 1.29 is 32.3 Å². The number of anilines is 1. The van der Waals surface area contributed by atoms with E-state index in [0.717, 1.165) is 11.0 Å². The van der Waals surface area contributed by atoms with Crippen LogP contribution in [0.3, 0.4) is 0 Å². The van der Waals surface area contributed by atoms with Gasteiger partial charge >= 0.3 is 5.97 Å². The average Bonchev–Trinajstić information content (AvgIpc) is 3.11. The van der Waals surface area contributed by atoms with Gasteiger partial charge in [0, 0.05) is 11.8 Å². The van der Waals surface area contributed by atoms with Crippen molar-refractivity contribution in [2.45, 2.75) is 4.90 Å². The average molecular weight is 493 g/mol. The summed E-state index contributed by atoms with van der Waals surface area (Å²) in [5.74, 6) is -1.21. The van der Waals surface area contributed by atoms with Gasteiger partial charge in [0.25, 0.3) is 21.8 Å². The number of sulfonamides is 1. The van der Waals surface area contributed by atoms with Crippen LogP contribution in [0.2, 0.25) is 0 Å². The van der Waals surface area contributed by atoms with Crippen molar-refractivity contribution >= 4 is 39.6 Å². The van der Waals surface area contributed by atoms with Crippen molar-refractivity contribution in [3.8, 4) is 5.75 Å². The third-order valence-electron chi connectivity index (χ3n) is 5.16. The Labute approximate surface area is 201 Å². The van der Waals surface area contributed by atoms with Gasteiger partial charge in [0.15, 0.2) is 6.73 Å². The lowest BCUT2D eigenvalue weighted by Gasteiger charge is -2.12. The van der Waals surface area contributed by atoms with Crippen molar-refractivity contribution in [2.75, 3.05) is 18.6 Å². The van der Waals surface area contributed by atoms with Crippen LogP contribution in [-0.2, 0) is 19.6 Å². The number of benzene rings is 3. The summed E-state index contributed by atoms with van der Waals surface area (Å²) in [6.07, 6.45) is 2.55. The Morgan fingerprint density at radius 2 is 1.51 bits per heavy atom. The zero-order valence-corrected chi connectivity index (χ0v) is 19.3. The number of ether oxygens (including phenoxy) is 2. The van der Waals surface area contributed by atoms with Gasteiger partial charge in [-0.1, -0.05) is 24.3 Å². The predicted octanol–water partition coefficient (Wildman–Crippen LogP) is 3.31. The van der Waals surface area contributed by atoms with Crippen LogP contribution in [-0.4, -0.2) is 44.9 Å². The third-order valence-corrected chi connectivity index (χ3v) is 6.56. The van der Waals surface area contributed by atoms with E-state index in [1.807, 2.05) is 0 Å². The summed E-state index contributed by atoms with van der Waals surface area (Å²) in [5.41, 5.74) is 1.46. The molecule has 0 spiro atoms. The van der Waals surface area contributed by atoms with Crippen LogP contribution in [0.1, 0.15) is 26.3 Å². The normalized spacial score (nSPS) is 13.1. The minimum absolute atomic E-state index is 0.0404. The molecule has 1 aliphatic rings. The maximum absolute atomic E-state index is 12.6. The first kappa shape index (κ1) is 23.7. The number of nitrogens with zero attached hydrogens (tertiary/aromatic N) is 1. The minimum Gasteiger partial charge on any atom is -0.497 e. The highest BCUT2D eigenvalue weighted by Crippen LogP contribution is 2.22. The summed E-state index contributed by atoms with van der Waals surface area (Å²) in [7, 11) is -2.29. The molecule has 0 saturated heterocycles. The Kier molecular flexibility index (Phi) is 6.65. The molecule has 1 heterocycles. The second-order valence-electron chi connectivity index (χ2n) is 7.41. The number of fused-ring (bicyclic) bond motifs is 1. The van der Waals surface area contributed by atoms with E-state index in [4.69, 9.17) is 9.47 Å². The van der Waals surface area contributed by atoms with Gasteiger partial charge in [-0.05, 0) is 60.2 Å². The molecule has 0 aromatic heterocycles. The Morgan fingerprint density at radius 3 is 2.09 bits per heavy atom. The second-order valence-corrected chi connectivity index (χ2v) is 9.10. The molecule has 1 aliphatic heterocycles. The molecule has 0 aliphatic carbocycles. The molecule has 0 atom stereocenters.